The third-order valence-electron chi connectivity index (χ3n) is 6.79. The predicted molar refractivity (Wildman–Crippen MR) is 174 cm³/mol. The molecule has 232 valence electrons. The van der Waals surface area contributed by atoms with Crippen LogP contribution in [0.15, 0.2) is 78.4 Å². The molecule has 0 bridgehead atoms. The van der Waals surface area contributed by atoms with Gasteiger partial charge < -0.3 is 10.6 Å². The standard InChI is InChI=1S/C31H31F4N.C6H15N/c1-5-23-6-10-26(11-7-23)22(4)36-27(16-20(2)14-24-8-12-28(32)30(34)18-24)17-21(3)15-25-9-13-29(33)31(35)19-25;1-3-5-7-6-4-2/h6-15,18-19,27,36H,4-5,16-17H2,1-3H3;7H,3-6H2,1-2H3/b20-14-,21-15-;. The van der Waals surface area contributed by atoms with Crippen molar-refractivity contribution >= 4 is 17.8 Å². The number of aryl methyl sites for hydroxylation is 1. The van der Waals surface area contributed by atoms with Crippen LogP contribution >= 0.6 is 0 Å². The van der Waals surface area contributed by atoms with Crippen molar-refractivity contribution in [2.45, 2.75) is 72.8 Å². The van der Waals surface area contributed by atoms with Gasteiger partial charge in [-0.3, -0.25) is 0 Å². The van der Waals surface area contributed by atoms with Crippen molar-refractivity contribution in [1.82, 2.24) is 10.6 Å². The molecule has 0 fully saturated rings. The van der Waals surface area contributed by atoms with E-state index in [1.54, 1.807) is 0 Å². The van der Waals surface area contributed by atoms with E-state index >= 15 is 0 Å². The lowest BCUT2D eigenvalue weighted by Crippen LogP contribution is -2.28. The lowest BCUT2D eigenvalue weighted by Gasteiger charge is -2.23. The summed E-state index contributed by atoms with van der Waals surface area (Å²) in [4.78, 5) is 0. The van der Waals surface area contributed by atoms with E-state index in [0.29, 0.717) is 24.0 Å². The minimum atomic E-state index is -0.888. The van der Waals surface area contributed by atoms with E-state index in [1.807, 2.05) is 38.1 Å². The maximum absolute atomic E-state index is 13.7. The molecule has 43 heavy (non-hydrogen) atoms. The number of hydrogen-bond acceptors (Lipinski definition) is 2. The van der Waals surface area contributed by atoms with E-state index in [4.69, 9.17) is 0 Å². The van der Waals surface area contributed by atoms with Crippen LogP contribution in [-0.4, -0.2) is 19.1 Å². The first-order valence-electron chi connectivity index (χ1n) is 15.1. The Morgan fingerprint density at radius 2 is 1.16 bits per heavy atom. The molecule has 0 saturated heterocycles. The minimum absolute atomic E-state index is 0.0774. The first-order chi connectivity index (χ1) is 20.6. The molecule has 0 atom stereocenters. The maximum Gasteiger partial charge on any atom is 0.159 e. The molecule has 0 aromatic heterocycles. The Hall–Kier alpha value is -3.64. The Balaban J connectivity index is 0.000000821. The summed E-state index contributed by atoms with van der Waals surface area (Å²) in [7, 11) is 0. The van der Waals surface area contributed by atoms with Crippen molar-refractivity contribution in [2.75, 3.05) is 13.1 Å². The summed E-state index contributed by atoms with van der Waals surface area (Å²) in [6, 6.07) is 15.7. The van der Waals surface area contributed by atoms with E-state index in [-0.39, 0.29) is 6.04 Å². The van der Waals surface area contributed by atoms with Crippen LogP contribution in [0.25, 0.3) is 17.8 Å². The molecule has 0 spiro atoms. The lowest BCUT2D eigenvalue weighted by molar-refractivity contribution is 0.508. The Bertz CT molecular complexity index is 1290. The van der Waals surface area contributed by atoms with Gasteiger partial charge in [0.1, 0.15) is 0 Å². The molecule has 0 saturated carbocycles. The van der Waals surface area contributed by atoms with Gasteiger partial charge in [0.2, 0.25) is 0 Å². The molecule has 3 rings (SSSR count). The van der Waals surface area contributed by atoms with Crippen LogP contribution < -0.4 is 10.6 Å². The average Bonchev–Trinajstić information content (AvgIpc) is 2.97. The van der Waals surface area contributed by atoms with Gasteiger partial charge in [-0.05, 0) is 106 Å². The quantitative estimate of drug-likeness (QED) is 0.143. The Labute approximate surface area is 255 Å². The summed E-state index contributed by atoms with van der Waals surface area (Å²) in [6.07, 6.45) is 8.31. The third-order valence-corrected chi connectivity index (χ3v) is 6.79. The van der Waals surface area contributed by atoms with E-state index in [1.165, 1.54) is 55.8 Å². The third kappa shape index (κ3) is 13.0. The van der Waals surface area contributed by atoms with E-state index in [9.17, 15) is 17.6 Å². The zero-order valence-electron chi connectivity index (χ0n) is 26.2. The van der Waals surface area contributed by atoms with Crippen LogP contribution in [0, 0.1) is 23.3 Å². The molecular formula is C37H46F4N2. The zero-order chi connectivity index (χ0) is 31.8. The summed E-state index contributed by atoms with van der Waals surface area (Å²) < 4.78 is 53.9. The Morgan fingerprint density at radius 1 is 0.698 bits per heavy atom. The van der Waals surface area contributed by atoms with Gasteiger partial charge in [-0.15, -0.1) is 0 Å². The largest absolute Gasteiger partial charge is 0.382 e. The molecule has 2 N–H and O–H groups in total. The molecular weight excluding hydrogens is 548 g/mol. The summed E-state index contributed by atoms with van der Waals surface area (Å²) in [5, 5.41) is 6.79. The summed E-state index contributed by atoms with van der Waals surface area (Å²) >= 11 is 0. The molecule has 0 aliphatic carbocycles. The molecule has 3 aromatic carbocycles. The molecule has 0 radical (unpaired) electrons. The van der Waals surface area contributed by atoms with E-state index in [0.717, 1.165) is 41.0 Å². The van der Waals surface area contributed by atoms with Crippen molar-refractivity contribution in [3.05, 3.63) is 124 Å². The number of halogens is 4. The molecule has 0 aliphatic heterocycles. The fourth-order valence-corrected chi connectivity index (χ4v) is 4.59. The summed E-state index contributed by atoms with van der Waals surface area (Å²) in [6.45, 7) is 16.9. The highest BCUT2D eigenvalue weighted by Gasteiger charge is 2.13. The van der Waals surface area contributed by atoms with Gasteiger partial charge in [-0.1, -0.05) is 87.0 Å². The van der Waals surface area contributed by atoms with Gasteiger partial charge in [0.25, 0.3) is 0 Å². The molecule has 0 aliphatic rings. The SMILES string of the molecule is C=C(NC(C/C(C)=C\c1ccc(F)c(F)c1)C/C(C)=C\c1ccc(F)c(F)c1)c1ccc(CC)cc1.CCCNCCC. The maximum atomic E-state index is 13.7. The van der Waals surface area contributed by atoms with E-state index in [2.05, 4.69) is 50.1 Å². The van der Waals surface area contributed by atoms with Gasteiger partial charge in [-0.25, -0.2) is 17.6 Å². The van der Waals surface area contributed by atoms with E-state index < -0.39 is 23.3 Å². The smallest absolute Gasteiger partial charge is 0.159 e. The molecule has 0 heterocycles. The van der Waals surface area contributed by atoms with Gasteiger partial charge in [0.05, 0.1) is 0 Å². The van der Waals surface area contributed by atoms with Crippen LogP contribution in [-0.2, 0) is 6.42 Å². The summed E-state index contributed by atoms with van der Waals surface area (Å²) in [5.41, 5.74) is 6.06. The number of benzene rings is 3. The summed E-state index contributed by atoms with van der Waals surface area (Å²) in [5.74, 6) is -3.54. The fourth-order valence-electron chi connectivity index (χ4n) is 4.59. The van der Waals surface area contributed by atoms with Crippen molar-refractivity contribution < 1.29 is 17.6 Å². The van der Waals surface area contributed by atoms with Gasteiger partial charge >= 0.3 is 0 Å². The van der Waals surface area contributed by atoms with Crippen LogP contribution in [0.3, 0.4) is 0 Å². The number of rotatable bonds is 14. The highest BCUT2D eigenvalue weighted by molar-refractivity contribution is 5.62. The van der Waals surface area contributed by atoms with Gasteiger partial charge in [0, 0.05) is 11.7 Å². The van der Waals surface area contributed by atoms with Crippen LogP contribution in [0.1, 0.15) is 82.6 Å². The zero-order valence-corrected chi connectivity index (χ0v) is 26.2. The molecule has 2 nitrogen and oxygen atoms in total. The highest BCUT2D eigenvalue weighted by atomic mass is 19.2. The van der Waals surface area contributed by atoms with Crippen LogP contribution in [0.2, 0.25) is 0 Å². The first kappa shape index (κ1) is 35.6. The average molecular weight is 595 g/mol. The fraction of sp³-hybridized carbons (Fsp3) is 0.351. The van der Waals surface area contributed by atoms with Crippen molar-refractivity contribution in [2.24, 2.45) is 0 Å². The topological polar surface area (TPSA) is 24.1 Å². The number of hydrogen-bond donors (Lipinski definition) is 2. The van der Waals surface area contributed by atoms with Crippen LogP contribution in [0.5, 0.6) is 0 Å². The van der Waals surface area contributed by atoms with Crippen molar-refractivity contribution in [3.8, 4) is 0 Å². The number of nitrogens with one attached hydrogen (secondary N) is 2. The van der Waals surface area contributed by atoms with Gasteiger partial charge in [0.15, 0.2) is 23.3 Å². The lowest BCUT2D eigenvalue weighted by atomic mass is 9.97. The Kier molecular flexibility index (Phi) is 15.5. The molecule has 3 aromatic rings. The predicted octanol–water partition coefficient (Wildman–Crippen LogP) is 10.1. The molecule has 6 heteroatoms. The van der Waals surface area contributed by atoms with Crippen molar-refractivity contribution in [1.29, 1.82) is 0 Å². The van der Waals surface area contributed by atoms with Crippen LogP contribution in [0.4, 0.5) is 17.6 Å². The first-order valence-corrected chi connectivity index (χ1v) is 15.1. The normalized spacial score (nSPS) is 11.8. The minimum Gasteiger partial charge on any atom is -0.382 e. The monoisotopic (exact) mass is 594 g/mol. The molecule has 0 unspecified atom stereocenters. The highest BCUT2D eigenvalue weighted by Crippen LogP contribution is 2.22. The van der Waals surface area contributed by atoms with Crippen molar-refractivity contribution in [3.63, 3.8) is 0 Å². The van der Waals surface area contributed by atoms with Gasteiger partial charge in [-0.2, -0.15) is 0 Å². The second kappa shape index (κ2) is 18.8. The second-order valence-corrected chi connectivity index (χ2v) is 10.9. The Morgan fingerprint density at radius 3 is 1.56 bits per heavy atom. The second-order valence-electron chi connectivity index (χ2n) is 10.9. The molecule has 0 amide bonds.